The SMILES string of the molecule is Nc1ncccc1-c1cc(Cc2ccnc(OCc3ccccc3F)c2)no1. The summed E-state index contributed by atoms with van der Waals surface area (Å²) in [6, 6.07) is 15.6. The molecule has 0 unspecified atom stereocenters. The van der Waals surface area contributed by atoms with E-state index >= 15 is 0 Å². The number of benzene rings is 1. The molecule has 1 aromatic carbocycles. The van der Waals surface area contributed by atoms with Crippen molar-refractivity contribution in [3.63, 3.8) is 0 Å². The Bertz CT molecular complexity index is 1100. The van der Waals surface area contributed by atoms with Crippen molar-refractivity contribution in [1.29, 1.82) is 0 Å². The number of ether oxygens (including phenoxy) is 1. The van der Waals surface area contributed by atoms with Crippen molar-refractivity contribution in [3.8, 4) is 17.2 Å². The van der Waals surface area contributed by atoms with E-state index in [2.05, 4.69) is 15.1 Å². The zero-order chi connectivity index (χ0) is 19.3. The molecule has 0 atom stereocenters. The van der Waals surface area contributed by atoms with E-state index in [9.17, 15) is 4.39 Å². The molecule has 0 fully saturated rings. The number of pyridine rings is 2. The van der Waals surface area contributed by atoms with E-state index in [1.807, 2.05) is 18.2 Å². The summed E-state index contributed by atoms with van der Waals surface area (Å²) < 4.78 is 24.7. The number of halogens is 1. The number of anilines is 1. The second-order valence-corrected chi connectivity index (χ2v) is 6.18. The minimum Gasteiger partial charge on any atom is -0.473 e. The topological polar surface area (TPSA) is 87.1 Å². The molecule has 140 valence electrons. The van der Waals surface area contributed by atoms with Crippen LogP contribution in [0, 0.1) is 5.82 Å². The van der Waals surface area contributed by atoms with E-state index in [0.29, 0.717) is 35.0 Å². The molecular formula is C21H17FN4O2. The monoisotopic (exact) mass is 376 g/mol. The lowest BCUT2D eigenvalue weighted by Gasteiger charge is -2.07. The number of nitrogen functional groups attached to an aromatic ring is 1. The summed E-state index contributed by atoms with van der Waals surface area (Å²) in [5.74, 6) is 1.06. The van der Waals surface area contributed by atoms with Crippen molar-refractivity contribution in [3.05, 3.63) is 89.6 Å². The molecule has 4 aromatic rings. The van der Waals surface area contributed by atoms with Crippen LogP contribution in [0.4, 0.5) is 10.2 Å². The summed E-state index contributed by atoms with van der Waals surface area (Å²) >= 11 is 0. The zero-order valence-electron chi connectivity index (χ0n) is 14.9. The van der Waals surface area contributed by atoms with Gasteiger partial charge in [-0.1, -0.05) is 23.4 Å². The van der Waals surface area contributed by atoms with E-state index in [-0.39, 0.29) is 12.4 Å². The van der Waals surface area contributed by atoms with Gasteiger partial charge in [-0.25, -0.2) is 14.4 Å². The summed E-state index contributed by atoms with van der Waals surface area (Å²) in [5, 5.41) is 4.09. The number of nitrogens with two attached hydrogens (primary N) is 1. The van der Waals surface area contributed by atoms with Gasteiger partial charge in [-0.3, -0.25) is 0 Å². The molecule has 3 aromatic heterocycles. The van der Waals surface area contributed by atoms with Crippen LogP contribution in [0.15, 0.2) is 71.5 Å². The highest BCUT2D eigenvalue weighted by Crippen LogP contribution is 2.25. The van der Waals surface area contributed by atoms with Gasteiger partial charge in [0, 0.05) is 36.5 Å². The van der Waals surface area contributed by atoms with Gasteiger partial charge in [0.05, 0.1) is 11.3 Å². The maximum absolute atomic E-state index is 13.7. The van der Waals surface area contributed by atoms with E-state index in [4.69, 9.17) is 15.0 Å². The first-order chi connectivity index (χ1) is 13.7. The van der Waals surface area contributed by atoms with E-state index in [0.717, 1.165) is 11.3 Å². The predicted octanol–water partition coefficient (Wildman–Crippen LogP) is 4.02. The van der Waals surface area contributed by atoms with Gasteiger partial charge in [0.2, 0.25) is 5.88 Å². The molecule has 4 rings (SSSR count). The summed E-state index contributed by atoms with van der Waals surface area (Å²) in [6.07, 6.45) is 3.80. The molecule has 2 N–H and O–H groups in total. The maximum Gasteiger partial charge on any atom is 0.213 e. The minimum absolute atomic E-state index is 0.109. The van der Waals surface area contributed by atoms with Gasteiger partial charge in [0.1, 0.15) is 18.2 Å². The molecule has 0 radical (unpaired) electrons. The molecular weight excluding hydrogens is 359 g/mol. The molecule has 0 saturated carbocycles. The molecule has 3 heterocycles. The smallest absolute Gasteiger partial charge is 0.213 e. The molecule has 7 heteroatoms. The third kappa shape index (κ3) is 3.98. The Morgan fingerprint density at radius 3 is 2.75 bits per heavy atom. The highest BCUT2D eigenvalue weighted by atomic mass is 19.1. The molecule has 0 spiro atoms. The second-order valence-electron chi connectivity index (χ2n) is 6.18. The maximum atomic E-state index is 13.7. The molecule has 0 aliphatic carbocycles. The number of nitrogens with zero attached hydrogens (tertiary/aromatic N) is 3. The third-order valence-electron chi connectivity index (χ3n) is 4.18. The third-order valence-corrected chi connectivity index (χ3v) is 4.18. The van der Waals surface area contributed by atoms with Gasteiger partial charge >= 0.3 is 0 Å². The molecule has 6 nitrogen and oxygen atoms in total. The lowest BCUT2D eigenvalue weighted by Crippen LogP contribution is -2.00. The average molecular weight is 376 g/mol. The fourth-order valence-electron chi connectivity index (χ4n) is 2.76. The molecule has 0 bridgehead atoms. The minimum atomic E-state index is -0.302. The van der Waals surface area contributed by atoms with Gasteiger partial charge in [-0.2, -0.15) is 0 Å². The lowest BCUT2D eigenvalue weighted by atomic mass is 10.1. The first kappa shape index (κ1) is 17.7. The predicted molar refractivity (Wildman–Crippen MR) is 102 cm³/mol. The normalized spacial score (nSPS) is 10.8. The Kier molecular flexibility index (Phi) is 4.97. The molecule has 0 amide bonds. The van der Waals surface area contributed by atoms with Crippen LogP contribution in [-0.2, 0) is 13.0 Å². The Morgan fingerprint density at radius 1 is 1.00 bits per heavy atom. The van der Waals surface area contributed by atoms with Gasteiger partial charge in [0.15, 0.2) is 5.76 Å². The van der Waals surface area contributed by atoms with E-state index < -0.39 is 0 Å². The van der Waals surface area contributed by atoms with Crippen LogP contribution in [-0.4, -0.2) is 15.1 Å². The largest absolute Gasteiger partial charge is 0.473 e. The van der Waals surface area contributed by atoms with Crippen molar-refractivity contribution in [1.82, 2.24) is 15.1 Å². The van der Waals surface area contributed by atoms with Gasteiger partial charge in [-0.15, -0.1) is 0 Å². The fourth-order valence-corrected chi connectivity index (χ4v) is 2.76. The van der Waals surface area contributed by atoms with Crippen molar-refractivity contribution in [2.75, 3.05) is 5.73 Å². The van der Waals surface area contributed by atoms with Crippen LogP contribution in [0.3, 0.4) is 0 Å². The molecule has 0 saturated heterocycles. The van der Waals surface area contributed by atoms with Crippen LogP contribution in [0.2, 0.25) is 0 Å². The summed E-state index contributed by atoms with van der Waals surface area (Å²) in [6.45, 7) is 0.109. The fraction of sp³-hybridized carbons (Fsp3) is 0.0952. The zero-order valence-corrected chi connectivity index (χ0v) is 14.9. The summed E-state index contributed by atoms with van der Waals surface area (Å²) in [7, 11) is 0. The van der Waals surface area contributed by atoms with E-state index in [1.165, 1.54) is 6.07 Å². The Morgan fingerprint density at radius 2 is 1.89 bits per heavy atom. The van der Waals surface area contributed by atoms with Gasteiger partial charge in [-0.05, 0) is 29.8 Å². The summed E-state index contributed by atoms with van der Waals surface area (Å²) in [5.41, 5.74) is 8.73. The average Bonchev–Trinajstić information content (AvgIpc) is 3.16. The Balaban J connectivity index is 1.45. The standard InChI is InChI=1S/C21H17FN4O2/c22-18-6-2-1-4-15(18)13-27-20-11-14(7-9-24-20)10-16-12-19(28-26-16)17-5-3-8-25-21(17)23/h1-9,11-12H,10,13H2,(H2,23,25). The Labute approximate surface area is 160 Å². The first-order valence-corrected chi connectivity index (χ1v) is 8.66. The first-order valence-electron chi connectivity index (χ1n) is 8.66. The number of aromatic nitrogens is 3. The van der Waals surface area contributed by atoms with Crippen molar-refractivity contribution in [2.24, 2.45) is 0 Å². The van der Waals surface area contributed by atoms with Gasteiger partial charge in [0.25, 0.3) is 0 Å². The molecule has 28 heavy (non-hydrogen) atoms. The second kappa shape index (κ2) is 7.87. The van der Waals surface area contributed by atoms with Crippen LogP contribution >= 0.6 is 0 Å². The number of hydrogen-bond donors (Lipinski definition) is 1. The highest BCUT2D eigenvalue weighted by Gasteiger charge is 2.11. The number of hydrogen-bond acceptors (Lipinski definition) is 6. The van der Waals surface area contributed by atoms with Crippen LogP contribution in [0.1, 0.15) is 16.8 Å². The molecule has 0 aliphatic rings. The van der Waals surface area contributed by atoms with Crippen molar-refractivity contribution in [2.45, 2.75) is 13.0 Å². The van der Waals surface area contributed by atoms with Crippen LogP contribution in [0.5, 0.6) is 5.88 Å². The van der Waals surface area contributed by atoms with Crippen molar-refractivity contribution >= 4 is 5.82 Å². The van der Waals surface area contributed by atoms with Crippen LogP contribution < -0.4 is 10.5 Å². The summed E-state index contributed by atoms with van der Waals surface area (Å²) in [4.78, 5) is 8.23. The van der Waals surface area contributed by atoms with Crippen LogP contribution in [0.25, 0.3) is 11.3 Å². The molecule has 0 aliphatic heterocycles. The highest BCUT2D eigenvalue weighted by molar-refractivity contribution is 5.69. The quantitative estimate of drug-likeness (QED) is 0.547. The van der Waals surface area contributed by atoms with E-state index in [1.54, 1.807) is 42.7 Å². The Hall–Kier alpha value is -3.74. The number of rotatable bonds is 6. The van der Waals surface area contributed by atoms with Gasteiger partial charge < -0.3 is 15.0 Å². The lowest BCUT2D eigenvalue weighted by molar-refractivity contribution is 0.288. The van der Waals surface area contributed by atoms with Crippen molar-refractivity contribution < 1.29 is 13.7 Å².